The Kier molecular flexibility index (Phi) is 7.90. The molecule has 7 nitrogen and oxygen atoms in total. The lowest BCUT2D eigenvalue weighted by molar-refractivity contribution is -0.134. The first-order chi connectivity index (χ1) is 14.1. The van der Waals surface area contributed by atoms with Gasteiger partial charge in [-0.3, -0.25) is 9.59 Å². The van der Waals surface area contributed by atoms with Crippen molar-refractivity contribution in [2.45, 2.75) is 57.4 Å². The average molecular weight is 401 g/mol. The Bertz CT molecular complexity index is 689. The van der Waals surface area contributed by atoms with Crippen molar-refractivity contribution in [2.24, 2.45) is 5.92 Å². The van der Waals surface area contributed by atoms with Crippen molar-refractivity contribution in [3.63, 3.8) is 0 Å². The normalized spacial score (nSPS) is 20.0. The van der Waals surface area contributed by atoms with E-state index in [1.54, 1.807) is 4.90 Å². The minimum atomic E-state index is -0.199. The number of piperidine rings is 1. The Labute approximate surface area is 172 Å². The van der Waals surface area contributed by atoms with E-state index < -0.39 is 0 Å². The molecule has 3 N–H and O–H groups in total. The molecule has 3 rings (SSSR count). The van der Waals surface area contributed by atoms with Crippen molar-refractivity contribution >= 4 is 23.5 Å². The number of rotatable bonds is 6. The molecule has 1 aliphatic heterocycles. The first kappa shape index (κ1) is 21.1. The lowest BCUT2D eigenvalue weighted by Crippen LogP contribution is -2.46. The molecule has 1 aliphatic carbocycles. The highest BCUT2D eigenvalue weighted by Crippen LogP contribution is 2.19. The SMILES string of the molecule is O=C(NCCC(=O)N1CCCC(C(=O)Nc2ccccc2)C1)NC1CCCCC1. The Balaban J connectivity index is 1.37. The number of hydrogen-bond donors (Lipinski definition) is 3. The summed E-state index contributed by atoms with van der Waals surface area (Å²) in [5.41, 5.74) is 0.772. The highest BCUT2D eigenvalue weighted by molar-refractivity contribution is 5.93. The molecule has 1 unspecified atom stereocenters. The van der Waals surface area contributed by atoms with Gasteiger partial charge in [-0.05, 0) is 37.8 Å². The second-order valence-electron chi connectivity index (χ2n) is 8.02. The van der Waals surface area contributed by atoms with E-state index in [9.17, 15) is 14.4 Å². The molecule has 1 aromatic carbocycles. The predicted octanol–water partition coefficient (Wildman–Crippen LogP) is 2.89. The third-order valence-electron chi connectivity index (χ3n) is 5.75. The van der Waals surface area contributed by atoms with Gasteiger partial charge in [0.2, 0.25) is 11.8 Å². The fourth-order valence-corrected chi connectivity index (χ4v) is 4.11. The summed E-state index contributed by atoms with van der Waals surface area (Å²) in [6.45, 7) is 1.42. The van der Waals surface area contributed by atoms with Crippen LogP contribution in [0.3, 0.4) is 0 Å². The van der Waals surface area contributed by atoms with Gasteiger partial charge in [0, 0.05) is 37.8 Å². The lowest BCUT2D eigenvalue weighted by atomic mass is 9.96. The highest BCUT2D eigenvalue weighted by atomic mass is 16.2. The van der Waals surface area contributed by atoms with Gasteiger partial charge in [0.15, 0.2) is 0 Å². The molecule has 29 heavy (non-hydrogen) atoms. The molecular weight excluding hydrogens is 368 g/mol. The van der Waals surface area contributed by atoms with Crippen molar-refractivity contribution in [1.82, 2.24) is 15.5 Å². The molecule has 1 aromatic rings. The first-order valence-corrected chi connectivity index (χ1v) is 10.8. The van der Waals surface area contributed by atoms with E-state index in [-0.39, 0.29) is 36.2 Å². The van der Waals surface area contributed by atoms with Crippen LogP contribution in [0.1, 0.15) is 51.4 Å². The van der Waals surface area contributed by atoms with Crippen LogP contribution in [0.4, 0.5) is 10.5 Å². The number of benzene rings is 1. The summed E-state index contributed by atoms with van der Waals surface area (Å²) < 4.78 is 0. The van der Waals surface area contributed by atoms with Gasteiger partial charge in [-0.15, -0.1) is 0 Å². The van der Waals surface area contributed by atoms with Crippen LogP contribution in [0.5, 0.6) is 0 Å². The second kappa shape index (κ2) is 10.8. The van der Waals surface area contributed by atoms with Crippen molar-refractivity contribution in [3.8, 4) is 0 Å². The van der Waals surface area contributed by atoms with Gasteiger partial charge in [-0.25, -0.2) is 4.79 Å². The third kappa shape index (κ3) is 6.76. The number of carbonyl (C=O) groups excluding carboxylic acids is 3. The van der Waals surface area contributed by atoms with Crippen LogP contribution in [0.25, 0.3) is 0 Å². The number of hydrogen-bond acceptors (Lipinski definition) is 3. The first-order valence-electron chi connectivity index (χ1n) is 10.8. The standard InChI is InChI=1S/C22H32N4O3/c27-20(13-14-23-22(29)25-19-11-5-2-6-12-19)26-15-7-8-17(16-26)21(28)24-18-9-3-1-4-10-18/h1,3-4,9-10,17,19H,2,5-8,11-16H2,(H,24,28)(H2,23,25,29). The van der Waals surface area contributed by atoms with Crippen LogP contribution in [-0.4, -0.2) is 48.4 Å². The maximum absolute atomic E-state index is 12.5. The second-order valence-corrected chi connectivity index (χ2v) is 8.02. The lowest BCUT2D eigenvalue weighted by Gasteiger charge is -2.32. The minimum absolute atomic E-state index is 0.0137. The van der Waals surface area contributed by atoms with Gasteiger partial charge in [0.1, 0.15) is 0 Å². The largest absolute Gasteiger partial charge is 0.342 e. The van der Waals surface area contributed by atoms with Crippen LogP contribution in [0.2, 0.25) is 0 Å². The van der Waals surface area contributed by atoms with E-state index in [1.807, 2.05) is 30.3 Å². The molecule has 1 saturated heterocycles. The zero-order valence-electron chi connectivity index (χ0n) is 17.0. The summed E-state index contributed by atoms with van der Waals surface area (Å²) in [5, 5.41) is 8.70. The van der Waals surface area contributed by atoms with E-state index in [0.717, 1.165) is 44.2 Å². The zero-order chi connectivity index (χ0) is 20.5. The summed E-state index contributed by atoms with van der Waals surface area (Å²) in [7, 11) is 0. The molecule has 0 aromatic heterocycles. The van der Waals surface area contributed by atoms with Crippen LogP contribution in [0.15, 0.2) is 30.3 Å². The van der Waals surface area contributed by atoms with E-state index >= 15 is 0 Å². The van der Waals surface area contributed by atoms with Crippen molar-refractivity contribution in [3.05, 3.63) is 30.3 Å². The number of amides is 4. The number of likely N-dealkylation sites (tertiary alicyclic amines) is 1. The molecule has 1 saturated carbocycles. The Hall–Kier alpha value is -2.57. The molecule has 2 aliphatic rings. The maximum Gasteiger partial charge on any atom is 0.315 e. The Morgan fingerprint density at radius 3 is 2.48 bits per heavy atom. The molecule has 4 amide bonds. The molecular formula is C22H32N4O3. The Morgan fingerprint density at radius 1 is 0.966 bits per heavy atom. The van der Waals surface area contributed by atoms with Crippen molar-refractivity contribution in [1.29, 1.82) is 0 Å². The molecule has 2 fully saturated rings. The summed E-state index contributed by atoms with van der Waals surface area (Å²) in [4.78, 5) is 38.8. The van der Waals surface area contributed by atoms with E-state index in [4.69, 9.17) is 0 Å². The summed E-state index contributed by atoms with van der Waals surface area (Å²) in [6.07, 6.45) is 7.49. The number of anilines is 1. The summed E-state index contributed by atoms with van der Waals surface area (Å²) in [6, 6.07) is 9.43. The van der Waals surface area contributed by atoms with E-state index in [2.05, 4.69) is 16.0 Å². The fraction of sp³-hybridized carbons (Fsp3) is 0.591. The quantitative estimate of drug-likeness (QED) is 0.686. The van der Waals surface area contributed by atoms with Gasteiger partial charge in [0.25, 0.3) is 0 Å². The van der Waals surface area contributed by atoms with Gasteiger partial charge in [-0.2, -0.15) is 0 Å². The van der Waals surface area contributed by atoms with Crippen LogP contribution in [-0.2, 0) is 9.59 Å². The number of para-hydroxylation sites is 1. The van der Waals surface area contributed by atoms with Crippen molar-refractivity contribution < 1.29 is 14.4 Å². The van der Waals surface area contributed by atoms with Crippen molar-refractivity contribution in [2.75, 3.05) is 25.0 Å². The number of carbonyl (C=O) groups is 3. The molecule has 7 heteroatoms. The van der Waals surface area contributed by atoms with Gasteiger partial charge < -0.3 is 20.9 Å². The number of nitrogens with one attached hydrogen (secondary N) is 3. The highest BCUT2D eigenvalue weighted by Gasteiger charge is 2.28. The van der Waals surface area contributed by atoms with Gasteiger partial charge in [0.05, 0.1) is 5.92 Å². The zero-order valence-corrected chi connectivity index (χ0v) is 17.0. The number of urea groups is 1. The number of nitrogens with zero attached hydrogens (tertiary/aromatic N) is 1. The molecule has 0 radical (unpaired) electrons. The Morgan fingerprint density at radius 2 is 1.72 bits per heavy atom. The van der Waals surface area contributed by atoms with Crippen LogP contribution in [0, 0.1) is 5.92 Å². The third-order valence-corrected chi connectivity index (χ3v) is 5.75. The summed E-state index contributed by atoms with van der Waals surface area (Å²) >= 11 is 0. The average Bonchev–Trinajstić information content (AvgIpc) is 2.75. The summed E-state index contributed by atoms with van der Waals surface area (Å²) in [5.74, 6) is -0.255. The molecule has 158 valence electrons. The molecule has 1 atom stereocenters. The van der Waals surface area contributed by atoms with Gasteiger partial charge >= 0.3 is 6.03 Å². The molecule has 1 heterocycles. The monoisotopic (exact) mass is 400 g/mol. The van der Waals surface area contributed by atoms with Gasteiger partial charge in [-0.1, -0.05) is 37.5 Å². The van der Waals surface area contributed by atoms with Crippen LogP contribution < -0.4 is 16.0 Å². The molecule has 0 spiro atoms. The van der Waals surface area contributed by atoms with E-state index in [1.165, 1.54) is 6.42 Å². The van der Waals surface area contributed by atoms with E-state index in [0.29, 0.717) is 19.6 Å². The topological polar surface area (TPSA) is 90.5 Å². The molecule has 0 bridgehead atoms. The minimum Gasteiger partial charge on any atom is -0.342 e. The predicted molar refractivity (Wildman–Crippen MR) is 112 cm³/mol. The fourth-order valence-electron chi connectivity index (χ4n) is 4.11. The van der Waals surface area contributed by atoms with Crippen LogP contribution >= 0.6 is 0 Å². The maximum atomic E-state index is 12.5. The smallest absolute Gasteiger partial charge is 0.315 e.